The molecule has 0 saturated carbocycles. The van der Waals surface area contributed by atoms with Gasteiger partial charge in [-0.2, -0.15) is 5.26 Å². The lowest BCUT2D eigenvalue weighted by Gasteiger charge is -2.18. The first kappa shape index (κ1) is 25.4. The Bertz CT molecular complexity index is 1390. The van der Waals surface area contributed by atoms with Crippen LogP contribution in [0.15, 0.2) is 77.3 Å². The van der Waals surface area contributed by atoms with Crippen molar-refractivity contribution in [2.75, 3.05) is 10.2 Å². The number of benzene rings is 3. The first-order valence-corrected chi connectivity index (χ1v) is 12.6. The third kappa shape index (κ3) is 5.45. The number of para-hydroxylation sites is 1. The minimum Gasteiger partial charge on any atom is -0.321 e. The van der Waals surface area contributed by atoms with Crippen LogP contribution in [0.25, 0.3) is 0 Å². The van der Waals surface area contributed by atoms with E-state index in [9.17, 15) is 14.9 Å². The lowest BCUT2D eigenvalue weighted by atomic mass is 10.1. The van der Waals surface area contributed by atoms with Crippen molar-refractivity contribution >= 4 is 81.4 Å². The van der Waals surface area contributed by atoms with Gasteiger partial charge in [-0.15, -0.1) is 0 Å². The number of carbonyl (C=O) groups excluding carboxylic acids is 2. The van der Waals surface area contributed by atoms with Crippen LogP contribution in [0.3, 0.4) is 0 Å². The molecule has 4 rings (SSSR count). The number of anilines is 2. The van der Waals surface area contributed by atoms with Crippen LogP contribution in [0, 0.1) is 11.3 Å². The molecule has 3 aromatic carbocycles. The summed E-state index contributed by atoms with van der Waals surface area (Å²) in [6.07, 6.45) is 0.267. The number of carbonyl (C=O) groups is 2. The maximum atomic E-state index is 13.5. The monoisotopic (exact) mass is 561 g/mol. The average molecular weight is 563 g/mol. The third-order valence-corrected chi connectivity index (χ3v) is 7.99. The molecule has 35 heavy (non-hydrogen) atoms. The van der Waals surface area contributed by atoms with Gasteiger partial charge in [0.15, 0.2) is 0 Å². The summed E-state index contributed by atoms with van der Waals surface area (Å²) in [7, 11) is 0. The zero-order chi connectivity index (χ0) is 25.1. The van der Waals surface area contributed by atoms with Gasteiger partial charge in [0.05, 0.1) is 25.3 Å². The Morgan fingerprint density at radius 3 is 2.40 bits per heavy atom. The second kappa shape index (κ2) is 10.9. The first-order chi connectivity index (χ1) is 16.8. The maximum Gasteiger partial charge on any atom is 0.269 e. The zero-order valence-electron chi connectivity index (χ0n) is 17.8. The molecule has 1 heterocycles. The molecule has 1 N–H and O–H groups in total. The SMILES string of the molecule is N#C/C(C(=O)Nc1ccc(Cl)c(Cl)c1)=C1/S[C@H](Cc2cccc(Cl)c2Cl)C(=O)N1c1ccccc1. The van der Waals surface area contributed by atoms with Crippen LogP contribution in [0.4, 0.5) is 11.4 Å². The second-order valence-corrected chi connectivity index (χ2v) is 10.2. The molecule has 0 radical (unpaired) electrons. The Kier molecular flexibility index (Phi) is 7.95. The summed E-state index contributed by atoms with van der Waals surface area (Å²) in [6.45, 7) is 0. The van der Waals surface area contributed by atoms with Crippen LogP contribution < -0.4 is 10.2 Å². The molecule has 10 heteroatoms. The van der Waals surface area contributed by atoms with E-state index in [1.165, 1.54) is 17.0 Å². The number of thioether (sulfide) groups is 1. The van der Waals surface area contributed by atoms with E-state index in [4.69, 9.17) is 46.4 Å². The Balaban J connectivity index is 1.73. The molecule has 1 aliphatic heterocycles. The van der Waals surface area contributed by atoms with Gasteiger partial charge < -0.3 is 5.32 Å². The van der Waals surface area contributed by atoms with E-state index >= 15 is 0 Å². The van der Waals surface area contributed by atoms with Crippen molar-refractivity contribution in [3.63, 3.8) is 0 Å². The van der Waals surface area contributed by atoms with Gasteiger partial charge in [-0.1, -0.05) is 88.5 Å². The maximum absolute atomic E-state index is 13.5. The van der Waals surface area contributed by atoms with Crippen molar-refractivity contribution < 1.29 is 9.59 Å². The predicted octanol–water partition coefficient (Wildman–Crippen LogP) is 7.37. The molecule has 1 fully saturated rings. The third-order valence-electron chi connectivity index (χ3n) is 5.13. The summed E-state index contributed by atoms with van der Waals surface area (Å²) in [5, 5.41) is 13.5. The zero-order valence-corrected chi connectivity index (χ0v) is 21.6. The molecular formula is C25H15Cl4N3O2S. The van der Waals surface area contributed by atoms with Gasteiger partial charge in [-0.05, 0) is 48.4 Å². The Labute approximate surface area is 226 Å². The van der Waals surface area contributed by atoms with Crippen LogP contribution in [-0.2, 0) is 16.0 Å². The van der Waals surface area contributed by atoms with Gasteiger partial charge in [-0.25, -0.2) is 0 Å². The van der Waals surface area contributed by atoms with E-state index in [0.29, 0.717) is 32.0 Å². The Hall–Kier alpha value is -2.66. The van der Waals surface area contributed by atoms with Crippen molar-refractivity contribution in [1.82, 2.24) is 0 Å². The van der Waals surface area contributed by atoms with Crippen molar-refractivity contribution in [3.05, 3.63) is 103 Å². The summed E-state index contributed by atoms with van der Waals surface area (Å²) < 4.78 is 0. The summed E-state index contributed by atoms with van der Waals surface area (Å²) in [5.74, 6) is -0.953. The van der Waals surface area contributed by atoms with E-state index in [1.807, 2.05) is 12.1 Å². The van der Waals surface area contributed by atoms with Gasteiger partial charge in [0.1, 0.15) is 16.7 Å². The van der Waals surface area contributed by atoms with Crippen molar-refractivity contribution in [3.8, 4) is 6.07 Å². The fraction of sp³-hybridized carbons (Fsp3) is 0.0800. The number of nitrogens with zero attached hydrogens (tertiary/aromatic N) is 2. The summed E-state index contributed by atoms with van der Waals surface area (Å²) >= 11 is 25.6. The number of nitrogens with one attached hydrogen (secondary N) is 1. The smallest absolute Gasteiger partial charge is 0.269 e. The van der Waals surface area contributed by atoms with E-state index in [0.717, 1.165) is 11.8 Å². The molecule has 0 aromatic heterocycles. The summed E-state index contributed by atoms with van der Waals surface area (Å²) in [6, 6.07) is 20.6. The van der Waals surface area contributed by atoms with E-state index < -0.39 is 11.2 Å². The number of hydrogen-bond acceptors (Lipinski definition) is 4. The van der Waals surface area contributed by atoms with Gasteiger partial charge in [0, 0.05) is 11.4 Å². The van der Waals surface area contributed by atoms with Gasteiger partial charge in [0.25, 0.3) is 5.91 Å². The number of rotatable bonds is 5. The number of hydrogen-bond donors (Lipinski definition) is 1. The molecule has 1 atom stereocenters. The molecule has 176 valence electrons. The summed E-state index contributed by atoms with van der Waals surface area (Å²) in [5.41, 5.74) is 1.38. The highest BCUT2D eigenvalue weighted by Gasteiger charge is 2.41. The highest BCUT2D eigenvalue weighted by Crippen LogP contribution is 2.43. The second-order valence-electron chi connectivity index (χ2n) is 7.41. The van der Waals surface area contributed by atoms with Gasteiger partial charge >= 0.3 is 0 Å². The largest absolute Gasteiger partial charge is 0.321 e. The lowest BCUT2D eigenvalue weighted by Crippen LogP contribution is -2.31. The van der Waals surface area contributed by atoms with Crippen LogP contribution in [0.2, 0.25) is 20.1 Å². The minimum atomic E-state index is -0.677. The van der Waals surface area contributed by atoms with E-state index in [1.54, 1.807) is 48.5 Å². The number of halogens is 4. The quantitative estimate of drug-likeness (QED) is 0.260. The molecule has 2 amide bonds. The fourth-order valence-corrected chi connectivity index (χ4v) is 5.46. The molecule has 0 spiro atoms. The normalized spacial score (nSPS) is 16.7. The number of nitriles is 1. The lowest BCUT2D eigenvalue weighted by molar-refractivity contribution is -0.117. The molecule has 0 aliphatic carbocycles. The van der Waals surface area contributed by atoms with Crippen LogP contribution >= 0.6 is 58.2 Å². The van der Waals surface area contributed by atoms with Crippen molar-refractivity contribution in [2.24, 2.45) is 0 Å². The molecule has 0 bridgehead atoms. The van der Waals surface area contributed by atoms with Crippen LogP contribution in [-0.4, -0.2) is 17.1 Å². The highest BCUT2D eigenvalue weighted by atomic mass is 35.5. The standard InChI is InChI=1S/C25H15Cl4N3O2S/c26-18-10-9-15(12-20(18)28)31-23(33)17(13-30)25-32(16-6-2-1-3-7-16)24(34)21(35-25)11-14-5-4-8-19(27)22(14)29/h1-10,12,21H,11H2,(H,31,33)/b25-17-/t21-/m1/s1. The average Bonchev–Trinajstić information content (AvgIpc) is 3.15. The molecule has 5 nitrogen and oxygen atoms in total. The van der Waals surface area contributed by atoms with E-state index in [-0.39, 0.29) is 28.0 Å². The first-order valence-electron chi connectivity index (χ1n) is 10.2. The van der Waals surface area contributed by atoms with Crippen molar-refractivity contribution in [2.45, 2.75) is 11.7 Å². The number of amides is 2. The molecular weight excluding hydrogens is 548 g/mol. The van der Waals surface area contributed by atoms with Gasteiger partial charge in [0.2, 0.25) is 5.91 Å². The topological polar surface area (TPSA) is 73.2 Å². The van der Waals surface area contributed by atoms with Gasteiger partial charge in [-0.3, -0.25) is 14.5 Å². The predicted molar refractivity (Wildman–Crippen MR) is 143 cm³/mol. The highest BCUT2D eigenvalue weighted by molar-refractivity contribution is 8.05. The minimum absolute atomic E-state index is 0.210. The Morgan fingerprint density at radius 2 is 1.71 bits per heavy atom. The Morgan fingerprint density at radius 1 is 0.971 bits per heavy atom. The fourth-order valence-electron chi connectivity index (χ4n) is 3.47. The summed E-state index contributed by atoms with van der Waals surface area (Å²) in [4.78, 5) is 28.0. The van der Waals surface area contributed by atoms with Crippen molar-refractivity contribution in [1.29, 1.82) is 5.26 Å². The van der Waals surface area contributed by atoms with Crippen LogP contribution in [0.1, 0.15) is 5.56 Å². The molecule has 3 aromatic rings. The van der Waals surface area contributed by atoms with Crippen LogP contribution in [0.5, 0.6) is 0 Å². The van der Waals surface area contributed by atoms with E-state index in [2.05, 4.69) is 5.32 Å². The molecule has 1 saturated heterocycles. The molecule has 1 aliphatic rings. The molecule has 0 unspecified atom stereocenters.